The van der Waals surface area contributed by atoms with Crippen molar-refractivity contribution in [1.29, 1.82) is 0 Å². The van der Waals surface area contributed by atoms with Gasteiger partial charge in [0, 0.05) is 5.92 Å². The lowest BCUT2D eigenvalue weighted by molar-refractivity contribution is 0.142. The predicted molar refractivity (Wildman–Crippen MR) is 76.6 cm³/mol. The summed E-state index contributed by atoms with van der Waals surface area (Å²) in [7, 11) is 0. The third-order valence-corrected chi connectivity index (χ3v) is 6.25. The zero-order valence-corrected chi connectivity index (χ0v) is 12.2. The Morgan fingerprint density at radius 3 is 2.33 bits per heavy atom. The molecule has 0 aromatic carbocycles. The number of aliphatic imine (C=N–C) groups is 1. The van der Waals surface area contributed by atoms with Crippen LogP contribution in [0.4, 0.5) is 0 Å². The van der Waals surface area contributed by atoms with Crippen LogP contribution >= 0.6 is 0 Å². The molecule has 18 heavy (non-hydrogen) atoms. The SMILES string of the molecule is CC12CCC(C1)C(C)(C)C2N=C(N)C1CCCC1. The summed E-state index contributed by atoms with van der Waals surface area (Å²) < 4.78 is 0. The monoisotopic (exact) mass is 248 g/mol. The van der Waals surface area contributed by atoms with Gasteiger partial charge in [0.25, 0.3) is 0 Å². The molecule has 3 aliphatic carbocycles. The van der Waals surface area contributed by atoms with Gasteiger partial charge >= 0.3 is 0 Å². The first-order valence-corrected chi connectivity index (χ1v) is 7.77. The first-order chi connectivity index (χ1) is 8.43. The van der Waals surface area contributed by atoms with Gasteiger partial charge in [-0.15, -0.1) is 0 Å². The fraction of sp³-hybridized carbons (Fsp3) is 0.938. The third-order valence-electron chi connectivity index (χ3n) is 6.25. The first kappa shape index (κ1) is 12.5. The molecule has 0 aromatic heterocycles. The lowest BCUT2D eigenvalue weighted by Gasteiger charge is -2.40. The van der Waals surface area contributed by atoms with Crippen molar-refractivity contribution in [1.82, 2.24) is 0 Å². The van der Waals surface area contributed by atoms with E-state index in [0.29, 0.717) is 22.8 Å². The van der Waals surface area contributed by atoms with Crippen LogP contribution in [-0.2, 0) is 0 Å². The summed E-state index contributed by atoms with van der Waals surface area (Å²) >= 11 is 0. The Hall–Kier alpha value is -0.530. The molecule has 3 fully saturated rings. The molecular formula is C16H28N2. The molecule has 0 saturated heterocycles. The minimum atomic E-state index is 0.357. The highest BCUT2D eigenvalue weighted by atomic mass is 15.0. The molecule has 2 N–H and O–H groups in total. The van der Waals surface area contributed by atoms with E-state index in [2.05, 4.69) is 20.8 Å². The van der Waals surface area contributed by atoms with Gasteiger partial charge in [-0.25, -0.2) is 0 Å². The highest BCUT2D eigenvalue weighted by Crippen LogP contribution is 2.63. The van der Waals surface area contributed by atoms with Gasteiger partial charge < -0.3 is 5.73 Å². The number of hydrogen-bond acceptors (Lipinski definition) is 1. The summed E-state index contributed by atoms with van der Waals surface area (Å²) in [5.74, 6) is 2.43. The molecule has 0 heterocycles. The van der Waals surface area contributed by atoms with Crippen LogP contribution in [0.2, 0.25) is 0 Å². The van der Waals surface area contributed by atoms with Gasteiger partial charge in [0.1, 0.15) is 0 Å². The molecule has 0 amide bonds. The predicted octanol–water partition coefficient (Wildman–Crippen LogP) is 3.75. The van der Waals surface area contributed by atoms with Crippen molar-refractivity contribution in [3.8, 4) is 0 Å². The van der Waals surface area contributed by atoms with Gasteiger partial charge in [0.15, 0.2) is 0 Å². The Morgan fingerprint density at radius 2 is 1.78 bits per heavy atom. The van der Waals surface area contributed by atoms with E-state index in [9.17, 15) is 0 Å². The Labute approximate surface area is 111 Å². The number of amidine groups is 1. The Balaban J connectivity index is 1.84. The molecule has 0 aliphatic heterocycles. The summed E-state index contributed by atoms with van der Waals surface area (Å²) in [6.45, 7) is 7.27. The first-order valence-electron chi connectivity index (χ1n) is 7.77. The molecule has 102 valence electrons. The average Bonchev–Trinajstić information content (AvgIpc) is 2.96. The Kier molecular flexibility index (Phi) is 2.76. The maximum atomic E-state index is 6.32. The third kappa shape index (κ3) is 1.71. The molecule has 3 saturated carbocycles. The van der Waals surface area contributed by atoms with Gasteiger partial charge in [-0.05, 0) is 48.9 Å². The maximum absolute atomic E-state index is 6.32. The van der Waals surface area contributed by atoms with E-state index in [1.165, 1.54) is 44.9 Å². The van der Waals surface area contributed by atoms with Crippen LogP contribution in [0.15, 0.2) is 4.99 Å². The standard InChI is InChI=1S/C16H28N2/c1-15(2)12-8-9-16(3,10-12)14(15)18-13(17)11-6-4-5-7-11/h11-12,14H,4-10H2,1-3H3,(H2,17,18). The van der Waals surface area contributed by atoms with Crippen LogP contribution < -0.4 is 5.73 Å². The van der Waals surface area contributed by atoms with Gasteiger partial charge in [-0.1, -0.05) is 33.6 Å². The molecular weight excluding hydrogens is 220 g/mol. The van der Waals surface area contributed by atoms with Crippen molar-refractivity contribution >= 4 is 5.84 Å². The largest absolute Gasteiger partial charge is 0.387 e. The molecule has 3 aliphatic rings. The average molecular weight is 248 g/mol. The fourth-order valence-corrected chi connectivity index (χ4v) is 5.07. The second kappa shape index (κ2) is 3.98. The summed E-state index contributed by atoms with van der Waals surface area (Å²) in [5.41, 5.74) is 7.11. The molecule has 3 rings (SSSR count). The summed E-state index contributed by atoms with van der Waals surface area (Å²) in [5, 5.41) is 0. The number of rotatable bonds is 2. The lowest BCUT2D eigenvalue weighted by atomic mass is 9.68. The molecule has 2 heteroatoms. The van der Waals surface area contributed by atoms with Crippen molar-refractivity contribution in [3.63, 3.8) is 0 Å². The fourth-order valence-electron chi connectivity index (χ4n) is 5.07. The highest BCUT2D eigenvalue weighted by molar-refractivity contribution is 5.83. The lowest BCUT2D eigenvalue weighted by Crippen LogP contribution is -2.41. The van der Waals surface area contributed by atoms with Gasteiger partial charge in [-0.2, -0.15) is 0 Å². The van der Waals surface area contributed by atoms with Crippen LogP contribution in [0.5, 0.6) is 0 Å². The summed E-state index contributed by atoms with van der Waals surface area (Å²) in [6, 6.07) is 0.462. The van der Waals surface area contributed by atoms with Gasteiger partial charge in [0.2, 0.25) is 0 Å². The maximum Gasteiger partial charge on any atom is 0.0972 e. The second-order valence-corrected chi connectivity index (χ2v) is 7.85. The minimum Gasteiger partial charge on any atom is -0.387 e. The Morgan fingerprint density at radius 1 is 1.11 bits per heavy atom. The van der Waals surface area contributed by atoms with E-state index in [1.54, 1.807) is 0 Å². The normalized spacial score (nSPS) is 43.8. The quantitative estimate of drug-likeness (QED) is 0.586. The summed E-state index contributed by atoms with van der Waals surface area (Å²) in [4.78, 5) is 5.06. The number of hydrogen-bond donors (Lipinski definition) is 1. The van der Waals surface area contributed by atoms with Crippen LogP contribution in [0.1, 0.15) is 65.7 Å². The van der Waals surface area contributed by atoms with Crippen molar-refractivity contribution in [2.24, 2.45) is 33.4 Å². The van der Waals surface area contributed by atoms with Crippen molar-refractivity contribution < 1.29 is 0 Å². The van der Waals surface area contributed by atoms with E-state index in [4.69, 9.17) is 10.7 Å². The molecule has 0 spiro atoms. The molecule has 0 aromatic rings. The highest BCUT2D eigenvalue weighted by Gasteiger charge is 2.59. The van der Waals surface area contributed by atoms with Crippen molar-refractivity contribution in [2.45, 2.75) is 71.8 Å². The van der Waals surface area contributed by atoms with Crippen LogP contribution in [0, 0.1) is 22.7 Å². The topological polar surface area (TPSA) is 38.4 Å². The van der Waals surface area contributed by atoms with Crippen molar-refractivity contribution in [3.05, 3.63) is 0 Å². The smallest absolute Gasteiger partial charge is 0.0972 e. The van der Waals surface area contributed by atoms with E-state index in [1.807, 2.05) is 0 Å². The Bertz CT molecular complexity index is 361. The zero-order valence-electron chi connectivity index (χ0n) is 12.2. The molecule has 2 nitrogen and oxygen atoms in total. The molecule has 2 bridgehead atoms. The second-order valence-electron chi connectivity index (χ2n) is 7.85. The van der Waals surface area contributed by atoms with E-state index >= 15 is 0 Å². The number of nitrogens with two attached hydrogens (primary N) is 1. The van der Waals surface area contributed by atoms with Crippen LogP contribution in [0.25, 0.3) is 0 Å². The summed E-state index contributed by atoms with van der Waals surface area (Å²) in [6.07, 6.45) is 9.34. The van der Waals surface area contributed by atoms with Gasteiger partial charge in [-0.3, -0.25) is 4.99 Å². The van der Waals surface area contributed by atoms with E-state index in [0.717, 1.165) is 11.8 Å². The van der Waals surface area contributed by atoms with Crippen LogP contribution in [0.3, 0.4) is 0 Å². The van der Waals surface area contributed by atoms with E-state index in [-0.39, 0.29) is 0 Å². The molecule has 3 unspecified atom stereocenters. The molecule has 3 atom stereocenters. The zero-order chi connectivity index (χ0) is 13.0. The minimum absolute atomic E-state index is 0.357. The number of nitrogens with zero attached hydrogens (tertiary/aromatic N) is 1. The van der Waals surface area contributed by atoms with E-state index < -0.39 is 0 Å². The molecule has 0 radical (unpaired) electrons. The van der Waals surface area contributed by atoms with Crippen molar-refractivity contribution in [2.75, 3.05) is 0 Å². The number of fused-ring (bicyclic) bond motifs is 2. The van der Waals surface area contributed by atoms with Crippen LogP contribution in [-0.4, -0.2) is 11.9 Å². The van der Waals surface area contributed by atoms with Gasteiger partial charge in [0.05, 0.1) is 11.9 Å².